The van der Waals surface area contributed by atoms with Crippen molar-refractivity contribution in [2.24, 2.45) is 0 Å². The normalized spacial score (nSPS) is 15.6. The van der Waals surface area contributed by atoms with Crippen LogP contribution in [0, 0.1) is 0 Å². The summed E-state index contributed by atoms with van der Waals surface area (Å²) in [6.07, 6.45) is 8.82. The van der Waals surface area contributed by atoms with Crippen molar-refractivity contribution in [2.75, 3.05) is 7.11 Å². The van der Waals surface area contributed by atoms with Crippen molar-refractivity contribution in [1.29, 1.82) is 0 Å². The standard InChI is InChI=1S/C18H24N4O3/c1-3-15-14(18(23)25-13-8-6-4-5-7-9-13)12-19-22(15)16-10-11-17(24-2)21-20-16/h10-13H,3-9H2,1-2H3. The molecular formula is C18H24N4O3. The molecule has 0 saturated heterocycles. The van der Waals surface area contributed by atoms with Crippen LogP contribution < -0.4 is 4.74 Å². The summed E-state index contributed by atoms with van der Waals surface area (Å²) < 4.78 is 12.4. The molecule has 0 unspecified atom stereocenters. The smallest absolute Gasteiger partial charge is 0.341 e. The van der Waals surface area contributed by atoms with Crippen molar-refractivity contribution < 1.29 is 14.3 Å². The molecule has 0 aliphatic heterocycles. The van der Waals surface area contributed by atoms with E-state index < -0.39 is 0 Å². The summed E-state index contributed by atoms with van der Waals surface area (Å²) in [5.41, 5.74) is 1.28. The zero-order chi connectivity index (χ0) is 17.6. The molecular weight excluding hydrogens is 320 g/mol. The lowest BCUT2D eigenvalue weighted by atomic mass is 10.1. The Bertz CT molecular complexity index is 704. The third-order valence-electron chi connectivity index (χ3n) is 4.55. The number of ether oxygens (including phenoxy) is 2. The van der Waals surface area contributed by atoms with E-state index in [4.69, 9.17) is 9.47 Å². The van der Waals surface area contributed by atoms with E-state index in [-0.39, 0.29) is 12.1 Å². The van der Waals surface area contributed by atoms with E-state index in [1.807, 2.05) is 6.92 Å². The zero-order valence-electron chi connectivity index (χ0n) is 14.8. The molecule has 0 atom stereocenters. The average Bonchev–Trinajstić information content (AvgIpc) is 2.92. The number of carbonyl (C=O) groups excluding carboxylic acids is 1. The van der Waals surface area contributed by atoms with Gasteiger partial charge in [0.25, 0.3) is 0 Å². The highest BCUT2D eigenvalue weighted by Gasteiger charge is 2.23. The molecule has 0 spiro atoms. The molecule has 7 heteroatoms. The van der Waals surface area contributed by atoms with Gasteiger partial charge in [-0.3, -0.25) is 0 Å². The lowest BCUT2D eigenvalue weighted by Gasteiger charge is -2.15. The van der Waals surface area contributed by atoms with Crippen molar-refractivity contribution in [3.05, 3.63) is 29.6 Å². The van der Waals surface area contributed by atoms with Crippen LogP contribution in [0.3, 0.4) is 0 Å². The quantitative estimate of drug-likeness (QED) is 0.612. The summed E-state index contributed by atoms with van der Waals surface area (Å²) in [5, 5.41) is 12.4. The molecule has 0 radical (unpaired) electrons. The first-order valence-electron chi connectivity index (χ1n) is 8.89. The van der Waals surface area contributed by atoms with Gasteiger partial charge < -0.3 is 9.47 Å². The highest BCUT2D eigenvalue weighted by molar-refractivity contribution is 5.90. The molecule has 7 nitrogen and oxygen atoms in total. The Morgan fingerprint density at radius 1 is 1.20 bits per heavy atom. The molecule has 1 saturated carbocycles. The fourth-order valence-corrected chi connectivity index (χ4v) is 3.19. The maximum absolute atomic E-state index is 12.6. The maximum atomic E-state index is 12.6. The lowest BCUT2D eigenvalue weighted by Crippen LogP contribution is -2.18. The Morgan fingerprint density at radius 2 is 1.96 bits per heavy atom. The third kappa shape index (κ3) is 3.97. The first-order chi connectivity index (χ1) is 12.2. The summed E-state index contributed by atoms with van der Waals surface area (Å²) >= 11 is 0. The molecule has 3 rings (SSSR count). The van der Waals surface area contributed by atoms with E-state index in [2.05, 4.69) is 15.3 Å². The van der Waals surface area contributed by atoms with Gasteiger partial charge in [0.05, 0.1) is 19.0 Å². The van der Waals surface area contributed by atoms with Crippen molar-refractivity contribution in [3.63, 3.8) is 0 Å². The molecule has 0 aromatic carbocycles. The van der Waals surface area contributed by atoms with E-state index in [1.165, 1.54) is 20.0 Å². The molecule has 2 aromatic rings. The molecule has 1 aliphatic rings. The minimum Gasteiger partial charge on any atom is -0.480 e. The van der Waals surface area contributed by atoms with E-state index in [0.717, 1.165) is 31.4 Å². The second-order valence-corrected chi connectivity index (χ2v) is 6.22. The van der Waals surface area contributed by atoms with Crippen LogP contribution in [0.1, 0.15) is 61.5 Å². The Kier molecular flexibility index (Phi) is 5.63. The van der Waals surface area contributed by atoms with Crippen LogP contribution in [-0.4, -0.2) is 39.2 Å². The van der Waals surface area contributed by atoms with Crippen LogP contribution >= 0.6 is 0 Å². The molecule has 2 heterocycles. The van der Waals surface area contributed by atoms with E-state index in [9.17, 15) is 4.79 Å². The Morgan fingerprint density at radius 3 is 2.56 bits per heavy atom. The van der Waals surface area contributed by atoms with Gasteiger partial charge in [0, 0.05) is 6.07 Å². The number of esters is 1. The highest BCUT2D eigenvalue weighted by Crippen LogP contribution is 2.22. The number of rotatable bonds is 5. The van der Waals surface area contributed by atoms with Crippen molar-refractivity contribution in [2.45, 2.75) is 58.0 Å². The molecule has 1 fully saturated rings. The lowest BCUT2D eigenvalue weighted by molar-refractivity contribution is 0.0266. The molecule has 0 bridgehead atoms. The van der Waals surface area contributed by atoms with Gasteiger partial charge in [0.1, 0.15) is 11.7 Å². The molecule has 1 aliphatic carbocycles. The van der Waals surface area contributed by atoms with Gasteiger partial charge in [-0.1, -0.05) is 19.8 Å². The van der Waals surface area contributed by atoms with Gasteiger partial charge in [0.2, 0.25) is 5.88 Å². The summed E-state index contributed by atoms with van der Waals surface area (Å²) in [4.78, 5) is 12.6. The third-order valence-corrected chi connectivity index (χ3v) is 4.55. The van der Waals surface area contributed by atoms with Crippen LogP contribution in [0.4, 0.5) is 0 Å². The van der Waals surface area contributed by atoms with Crippen molar-refractivity contribution >= 4 is 5.97 Å². The summed E-state index contributed by atoms with van der Waals surface area (Å²) in [6.45, 7) is 1.98. The first kappa shape index (κ1) is 17.4. The number of nitrogens with zero attached hydrogens (tertiary/aromatic N) is 4. The van der Waals surface area contributed by atoms with Gasteiger partial charge in [-0.05, 0) is 38.2 Å². The first-order valence-corrected chi connectivity index (χ1v) is 8.89. The van der Waals surface area contributed by atoms with Gasteiger partial charge in [-0.25, -0.2) is 9.48 Å². The SMILES string of the molecule is CCc1c(C(=O)OC2CCCCCC2)cnn1-c1ccc(OC)nn1. The van der Waals surface area contributed by atoms with Crippen molar-refractivity contribution in [1.82, 2.24) is 20.0 Å². The van der Waals surface area contributed by atoms with Crippen LogP contribution in [-0.2, 0) is 11.2 Å². The monoisotopic (exact) mass is 344 g/mol. The molecule has 0 amide bonds. The van der Waals surface area contributed by atoms with Gasteiger partial charge in [-0.2, -0.15) is 5.10 Å². The summed E-state index contributed by atoms with van der Waals surface area (Å²) in [6, 6.07) is 3.48. The largest absolute Gasteiger partial charge is 0.480 e. The Balaban J connectivity index is 1.79. The van der Waals surface area contributed by atoms with Gasteiger partial charge >= 0.3 is 5.97 Å². The average molecular weight is 344 g/mol. The van der Waals surface area contributed by atoms with Crippen LogP contribution in [0.15, 0.2) is 18.3 Å². The Labute approximate surface area is 147 Å². The maximum Gasteiger partial charge on any atom is 0.341 e. The number of hydrogen-bond acceptors (Lipinski definition) is 6. The van der Waals surface area contributed by atoms with E-state index in [0.29, 0.717) is 23.7 Å². The van der Waals surface area contributed by atoms with Crippen LogP contribution in [0.5, 0.6) is 5.88 Å². The minimum absolute atomic E-state index is 0.0174. The molecule has 2 aromatic heterocycles. The number of aromatic nitrogens is 4. The molecule has 134 valence electrons. The number of hydrogen-bond donors (Lipinski definition) is 0. The number of methoxy groups -OCH3 is 1. The summed E-state index contributed by atoms with van der Waals surface area (Å²) in [7, 11) is 1.54. The second kappa shape index (κ2) is 8.09. The number of carbonyl (C=O) groups is 1. The van der Waals surface area contributed by atoms with Crippen LogP contribution in [0.2, 0.25) is 0 Å². The highest BCUT2D eigenvalue weighted by atomic mass is 16.5. The zero-order valence-corrected chi connectivity index (χ0v) is 14.8. The Hall–Kier alpha value is -2.44. The minimum atomic E-state index is -0.295. The fourth-order valence-electron chi connectivity index (χ4n) is 3.19. The topological polar surface area (TPSA) is 79.1 Å². The van der Waals surface area contributed by atoms with E-state index in [1.54, 1.807) is 23.0 Å². The fraction of sp³-hybridized carbons (Fsp3) is 0.556. The second-order valence-electron chi connectivity index (χ2n) is 6.22. The predicted octanol–water partition coefficient (Wildman–Crippen LogP) is 3.11. The summed E-state index contributed by atoms with van der Waals surface area (Å²) in [5.74, 6) is 0.685. The molecule has 0 N–H and O–H groups in total. The van der Waals surface area contributed by atoms with Crippen LogP contribution in [0.25, 0.3) is 5.82 Å². The van der Waals surface area contributed by atoms with Gasteiger partial charge in [0.15, 0.2) is 5.82 Å². The van der Waals surface area contributed by atoms with E-state index >= 15 is 0 Å². The van der Waals surface area contributed by atoms with Crippen molar-refractivity contribution in [3.8, 4) is 11.7 Å². The molecule has 25 heavy (non-hydrogen) atoms. The van der Waals surface area contributed by atoms with Gasteiger partial charge in [-0.15, -0.1) is 10.2 Å². The predicted molar refractivity (Wildman–Crippen MR) is 92.0 cm³/mol.